The summed E-state index contributed by atoms with van der Waals surface area (Å²) >= 11 is 0. The minimum absolute atomic E-state index is 0.349. The molecule has 21 heavy (non-hydrogen) atoms. The van der Waals surface area contributed by atoms with E-state index in [1.807, 2.05) is 0 Å². The van der Waals surface area contributed by atoms with Crippen molar-refractivity contribution in [2.24, 2.45) is 10.8 Å². The van der Waals surface area contributed by atoms with Crippen LogP contribution in [-0.2, 0) is 6.42 Å². The average molecular weight is 285 g/mol. The Labute approximate surface area is 130 Å². The van der Waals surface area contributed by atoms with Gasteiger partial charge in [-0.15, -0.1) is 0 Å². The van der Waals surface area contributed by atoms with Gasteiger partial charge in [0.25, 0.3) is 0 Å². The number of nitrogens with one attached hydrogen (secondary N) is 1. The maximum absolute atomic E-state index is 4.09. The molecular formula is C20H31N. The van der Waals surface area contributed by atoms with Crippen LogP contribution < -0.4 is 5.32 Å². The molecule has 2 aliphatic rings. The second-order valence-corrected chi connectivity index (χ2v) is 8.57. The minimum atomic E-state index is 0.349. The van der Waals surface area contributed by atoms with Gasteiger partial charge < -0.3 is 5.32 Å². The van der Waals surface area contributed by atoms with Crippen molar-refractivity contribution in [3.8, 4) is 0 Å². The zero-order valence-electron chi connectivity index (χ0n) is 14.2. The number of benzene rings is 1. The van der Waals surface area contributed by atoms with Crippen molar-refractivity contribution in [3.63, 3.8) is 0 Å². The highest BCUT2D eigenvalue weighted by Gasteiger charge is 2.40. The number of hydrogen-bond donors (Lipinski definition) is 1. The number of rotatable bonds is 2. The van der Waals surface area contributed by atoms with Crippen LogP contribution in [0.5, 0.6) is 0 Å². The van der Waals surface area contributed by atoms with Gasteiger partial charge in [0.05, 0.1) is 0 Å². The van der Waals surface area contributed by atoms with Gasteiger partial charge in [0.2, 0.25) is 0 Å². The Bertz CT molecular complexity index is 500. The fourth-order valence-electron chi connectivity index (χ4n) is 4.39. The Morgan fingerprint density at radius 2 is 1.71 bits per heavy atom. The van der Waals surface area contributed by atoms with Gasteiger partial charge in [-0.1, -0.05) is 64.8 Å². The van der Waals surface area contributed by atoms with Crippen LogP contribution >= 0.6 is 0 Å². The Balaban J connectivity index is 1.89. The van der Waals surface area contributed by atoms with Crippen LogP contribution in [0, 0.1) is 10.8 Å². The van der Waals surface area contributed by atoms with Gasteiger partial charge in [-0.25, -0.2) is 0 Å². The Morgan fingerprint density at radius 1 is 0.952 bits per heavy atom. The topological polar surface area (TPSA) is 12.0 Å². The SMILES string of the molecule is CC1(C)CCCCC1NC1c2ccccc2CCC1(C)C. The van der Waals surface area contributed by atoms with E-state index in [1.54, 1.807) is 11.1 Å². The largest absolute Gasteiger partial charge is 0.306 e. The van der Waals surface area contributed by atoms with Gasteiger partial charge in [-0.3, -0.25) is 0 Å². The van der Waals surface area contributed by atoms with Crippen molar-refractivity contribution in [3.05, 3.63) is 35.4 Å². The third-order valence-electron chi connectivity index (χ3n) is 6.06. The molecule has 1 fully saturated rings. The Kier molecular flexibility index (Phi) is 3.90. The first-order chi connectivity index (χ1) is 9.90. The third-order valence-corrected chi connectivity index (χ3v) is 6.06. The van der Waals surface area contributed by atoms with Crippen molar-refractivity contribution in [2.45, 2.75) is 78.3 Å². The van der Waals surface area contributed by atoms with E-state index in [0.29, 0.717) is 22.9 Å². The van der Waals surface area contributed by atoms with Gasteiger partial charge in [-0.05, 0) is 47.6 Å². The molecule has 1 N–H and O–H groups in total. The number of fused-ring (bicyclic) bond motifs is 1. The molecule has 116 valence electrons. The van der Waals surface area contributed by atoms with Crippen LogP contribution in [0.15, 0.2) is 24.3 Å². The van der Waals surface area contributed by atoms with E-state index in [0.717, 1.165) is 0 Å². The Morgan fingerprint density at radius 3 is 2.48 bits per heavy atom. The molecule has 2 aliphatic carbocycles. The van der Waals surface area contributed by atoms with Crippen molar-refractivity contribution in [1.82, 2.24) is 5.32 Å². The third kappa shape index (κ3) is 2.90. The molecule has 1 heteroatoms. The molecule has 0 radical (unpaired) electrons. The van der Waals surface area contributed by atoms with Crippen LogP contribution in [0.2, 0.25) is 0 Å². The highest BCUT2D eigenvalue weighted by Crippen LogP contribution is 2.46. The summed E-state index contributed by atoms with van der Waals surface area (Å²) in [5.41, 5.74) is 3.89. The number of aryl methyl sites for hydroxylation is 1. The van der Waals surface area contributed by atoms with E-state index in [-0.39, 0.29) is 0 Å². The smallest absolute Gasteiger partial charge is 0.0377 e. The second kappa shape index (κ2) is 5.43. The summed E-state index contributed by atoms with van der Waals surface area (Å²) in [4.78, 5) is 0. The summed E-state index contributed by atoms with van der Waals surface area (Å²) in [5.74, 6) is 0. The zero-order valence-corrected chi connectivity index (χ0v) is 14.2. The highest BCUT2D eigenvalue weighted by atomic mass is 15.0. The highest BCUT2D eigenvalue weighted by molar-refractivity contribution is 5.34. The predicted octanol–water partition coefficient (Wildman–Crippen LogP) is 5.26. The lowest BCUT2D eigenvalue weighted by atomic mass is 9.68. The molecular weight excluding hydrogens is 254 g/mol. The molecule has 0 aliphatic heterocycles. The molecule has 1 aromatic carbocycles. The van der Waals surface area contributed by atoms with Gasteiger partial charge in [0.1, 0.15) is 0 Å². The lowest BCUT2D eigenvalue weighted by Gasteiger charge is -2.47. The standard InChI is InChI=1S/C20H31N/c1-19(2)13-8-7-11-17(19)21-18-16-10-6-5-9-15(16)12-14-20(18,3)4/h5-6,9-10,17-18,21H,7-8,11-14H2,1-4H3. The summed E-state index contributed by atoms with van der Waals surface area (Å²) < 4.78 is 0. The molecule has 2 atom stereocenters. The summed E-state index contributed by atoms with van der Waals surface area (Å²) in [7, 11) is 0. The summed E-state index contributed by atoms with van der Waals surface area (Å²) in [6, 6.07) is 10.2. The fraction of sp³-hybridized carbons (Fsp3) is 0.700. The van der Waals surface area contributed by atoms with E-state index in [9.17, 15) is 0 Å². The van der Waals surface area contributed by atoms with Gasteiger partial charge in [-0.2, -0.15) is 0 Å². The van der Waals surface area contributed by atoms with E-state index >= 15 is 0 Å². The fourth-order valence-corrected chi connectivity index (χ4v) is 4.39. The molecule has 1 aromatic rings. The normalized spacial score (nSPS) is 30.7. The second-order valence-electron chi connectivity index (χ2n) is 8.57. The van der Waals surface area contributed by atoms with Crippen molar-refractivity contribution in [1.29, 1.82) is 0 Å². The monoisotopic (exact) mass is 285 g/mol. The first kappa shape index (κ1) is 15.1. The molecule has 1 saturated carbocycles. The summed E-state index contributed by atoms with van der Waals surface area (Å²) in [6.45, 7) is 9.78. The average Bonchev–Trinajstić information content (AvgIpc) is 2.43. The molecule has 3 rings (SSSR count). The predicted molar refractivity (Wildman–Crippen MR) is 90.5 cm³/mol. The molecule has 0 amide bonds. The lowest BCUT2D eigenvalue weighted by molar-refractivity contribution is 0.111. The molecule has 0 bridgehead atoms. The minimum Gasteiger partial charge on any atom is -0.306 e. The van der Waals surface area contributed by atoms with Crippen molar-refractivity contribution in [2.75, 3.05) is 0 Å². The maximum atomic E-state index is 4.09. The molecule has 1 nitrogen and oxygen atoms in total. The summed E-state index contributed by atoms with van der Waals surface area (Å²) in [5, 5.41) is 4.09. The molecule has 0 spiro atoms. The number of hydrogen-bond acceptors (Lipinski definition) is 1. The van der Waals surface area contributed by atoms with Crippen molar-refractivity contribution < 1.29 is 0 Å². The zero-order chi connectivity index (χ0) is 15.1. The summed E-state index contributed by atoms with van der Waals surface area (Å²) in [6.07, 6.45) is 8.00. The van der Waals surface area contributed by atoms with Crippen molar-refractivity contribution >= 4 is 0 Å². The quantitative estimate of drug-likeness (QED) is 0.781. The van der Waals surface area contributed by atoms with E-state index in [2.05, 4.69) is 57.3 Å². The van der Waals surface area contributed by atoms with Gasteiger partial charge >= 0.3 is 0 Å². The first-order valence-electron chi connectivity index (χ1n) is 8.74. The first-order valence-corrected chi connectivity index (χ1v) is 8.74. The molecule has 0 aromatic heterocycles. The van der Waals surface area contributed by atoms with Gasteiger partial charge in [0.15, 0.2) is 0 Å². The Hall–Kier alpha value is -0.820. The van der Waals surface area contributed by atoms with E-state index in [4.69, 9.17) is 0 Å². The van der Waals surface area contributed by atoms with Gasteiger partial charge in [0, 0.05) is 12.1 Å². The molecule has 0 heterocycles. The molecule has 0 saturated heterocycles. The van der Waals surface area contributed by atoms with E-state index in [1.165, 1.54) is 38.5 Å². The van der Waals surface area contributed by atoms with E-state index < -0.39 is 0 Å². The maximum Gasteiger partial charge on any atom is 0.0377 e. The van der Waals surface area contributed by atoms with Crippen LogP contribution in [0.3, 0.4) is 0 Å². The lowest BCUT2D eigenvalue weighted by Crippen LogP contribution is -2.50. The van der Waals surface area contributed by atoms with Crippen LogP contribution in [0.1, 0.15) is 77.0 Å². The van der Waals surface area contributed by atoms with Crippen LogP contribution in [-0.4, -0.2) is 6.04 Å². The van der Waals surface area contributed by atoms with Crippen LogP contribution in [0.4, 0.5) is 0 Å². The molecule has 2 unspecified atom stereocenters. The van der Waals surface area contributed by atoms with Crippen LogP contribution in [0.25, 0.3) is 0 Å².